The minimum Gasteiger partial charge on any atom is -0.368 e. The van der Waals surface area contributed by atoms with Gasteiger partial charge in [0.1, 0.15) is 5.82 Å². The zero-order chi connectivity index (χ0) is 13.7. The second-order valence-electron chi connectivity index (χ2n) is 4.12. The highest BCUT2D eigenvalue weighted by Crippen LogP contribution is 2.19. The van der Waals surface area contributed by atoms with E-state index in [1.807, 2.05) is 30.3 Å². The predicted octanol–water partition coefficient (Wildman–Crippen LogP) is 1.59. The summed E-state index contributed by atoms with van der Waals surface area (Å²) in [6, 6.07) is 9.78. The number of anilines is 1. The van der Waals surface area contributed by atoms with Crippen LogP contribution in [0.25, 0.3) is 10.8 Å². The van der Waals surface area contributed by atoms with Crippen LogP contribution in [0.1, 0.15) is 6.92 Å². The number of sulfonamides is 1. The quantitative estimate of drug-likeness (QED) is 0.842. The first-order valence-corrected chi connectivity index (χ1v) is 7.82. The van der Waals surface area contributed by atoms with Crippen LogP contribution in [0.4, 0.5) is 5.82 Å². The third-order valence-corrected chi connectivity index (χ3v) is 4.17. The van der Waals surface area contributed by atoms with Crippen molar-refractivity contribution in [2.24, 2.45) is 0 Å². The molecule has 0 radical (unpaired) electrons. The standard InChI is InChI=1S/C13H17N3O2S/c1-2-16-19(17,18)10-9-15-13-12-6-4-3-5-11(12)7-8-14-13/h3-8,16H,2,9-10H2,1H3,(H,14,15). The van der Waals surface area contributed by atoms with Gasteiger partial charge >= 0.3 is 0 Å². The summed E-state index contributed by atoms with van der Waals surface area (Å²) in [6.07, 6.45) is 1.71. The highest BCUT2D eigenvalue weighted by atomic mass is 32.2. The molecule has 2 rings (SSSR count). The zero-order valence-electron chi connectivity index (χ0n) is 10.8. The lowest BCUT2D eigenvalue weighted by molar-refractivity contribution is 0.584. The number of fused-ring (bicyclic) bond motifs is 1. The molecule has 2 N–H and O–H groups in total. The SMILES string of the molecule is CCNS(=O)(=O)CCNc1nccc2ccccc12. The number of nitrogens with zero attached hydrogens (tertiary/aromatic N) is 1. The van der Waals surface area contributed by atoms with Gasteiger partial charge < -0.3 is 5.32 Å². The number of rotatable bonds is 6. The topological polar surface area (TPSA) is 71.1 Å². The fraction of sp³-hybridized carbons (Fsp3) is 0.308. The molecular formula is C13H17N3O2S. The fourth-order valence-electron chi connectivity index (χ4n) is 1.86. The third kappa shape index (κ3) is 3.65. The van der Waals surface area contributed by atoms with Gasteiger partial charge in [-0.05, 0) is 11.5 Å². The summed E-state index contributed by atoms with van der Waals surface area (Å²) >= 11 is 0. The van der Waals surface area contributed by atoms with Crippen LogP contribution in [0.2, 0.25) is 0 Å². The molecule has 1 heterocycles. The lowest BCUT2D eigenvalue weighted by Crippen LogP contribution is -2.29. The minimum absolute atomic E-state index is 0.0335. The lowest BCUT2D eigenvalue weighted by Gasteiger charge is -2.09. The second kappa shape index (κ2) is 5.99. The maximum absolute atomic E-state index is 11.5. The average Bonchev–Trinajstić information content (AvgIpc) is 2.39. The van der Waals surface area contributed by atoms with E-state index in [2.05, 4.69) is 15.0 Å². The van der Waals surface area contributed by atoms with E-state index in [1.165, 1.54) is 0 Å². The molecule has 19 heavy (non-hydrogen) atoms. The molecule has 0 saturated heterocycles. The molecule has 0 spiro atoms. The van der Waals surface area contributed by atoms with Gasteiger partial charge in [0.2, 0.25) is 10.0 Å². The number of hydrogen-bond acceptors (Lipinski definition) is 4. The molecule has 102 valence electrons. The molecule has 0 saturated carbocycles. The Labute approximate surface area is 113 Å². The van der Waals surface area contributed by atoms with Crippen molar-refractivity contribution in [2.75, 3.05) is 24.2 Å². The first kappa shape index (κ1) is 13.8. The van der Waals surface area contributed by atoms with Gasteiger partial charge in [-0.1, -0.05) is 31.2 Å². The highest BCUT2D eigenvalue weighted by molar-refractivity contribution is 7.89. The lowest BCUT2D eigenvalue weighted by atomic mass is 10.1. The van der Waals surface area contributed by atoms with Crippen LogP contribution in [-0.4, -0.2) is 32.2 Å². The van der Waals surface area contributed by atoms with E-state index in [0.717, 1.165) is 10.8 Å². The smallest absolute Gasteiger partial charge is 0.213 e. The minimum atomic E-state index is -3.20. The van der Waals surface area contributed by atoms with Crippen molar-refractivity contribution in [3.63, 3.8) is 0 Å². The van der Waals surface area contributed by atoms with Gasteiger partial charge in [0.15, 0.2) is 0 Å². The number of pyridine rings is 1. The van der Waals surface area contributed by atoms with Crippen molar-refractivity contribution in [3.8, 4) is 0 Å². The van der Waals surface area contributed by atoms with Gasteiger partial charge in [-0.3, -0.25) is 0 Å². The van der Waals surface area contributed by atoms with Crippen LogP contribution in [-0.2, 0) is 10.0 Å². The van der Waals surface area contributed by atoms with Crippen molar-refractivity contribution < 1.29 is 8.42 Å². The van der Waals surface area contributed by atoms with Gasteiger partial charge in [-0.25, -0.2) is 18.1 Å². The molecule has 1 aromatic carbocycles. The molecule has 1 aromatic heterocycles. The van der Waals surface area contributed by atoms with E-state index < -0.39 is 10.0 Å². The molecule has 0 fully saturated rings. The first-order valence-electron chi connectivity index (χ1n) is 6.17. The maximum Gasteiger partial charge on any atom is 0.213 e. The normalized spacial score (nSPS) is 11.6. The summed E-state index contributed by atoms with van der Waals surface area (Å²) < 4.78 is 25.5. The van der Waals surface area contributed by atoms with Crippen LogP contribution in [0.15, 0.2) is 36.5 Å². The van der Waals surface area contributed by atoms with E-state index >= 15 is 0 Å². The first-order chi connectivity index (χ1) is 9.12. The van der Waals surface area contributed by atoms with Gasteiger partial charge in [0, 0.05) is 24.7 Å². The van der Waals surface area contributed by atoms with E-state index in [0.29, 0.717) is 18.9 Å². The van der Waals surface area contributed by atoms with E-state index in [4.69, 9.17) is 0 Å². The Hall–Kier alpha value is -1.66. The molecule has 5 nitrogen and oxygen atoms in total. The monoisotopic (exact) mass is 279 g/mol. The maximum atomic E-state index is 11.5. The molecule has 0 unspecified atom stereocenters. The molecule has 0 aliphatic heterocycles. The van der Waals surface area contributed by atoms with Gasteiger partial charge in [-0.15, -0.1) is 0 Å². The Kier molecular flexibility index (Phi) is 4.34. The van der Waals surface area contributed by atoms with Crippen LogP contribution in [0.3, 0.4) is 0 Å². The van der Waals surface area contributed by atoms with E-state index in [-0.39, 0.29) is 5.75 Å². The largest absolute Gasteiger partial charge is 0.368 e. The highest BCUT2D eigenvalue weighted by Gasteiger charge is 2.08. The summed E-state index contributed by atoms with van der Waals surface area (Å²) in [5.74, 6) is 0.746. The number of aromatic nitrogens is 1. The van der Waals surface area contributed by atoms with Crippen molar-refractivity contribution in [1.29, 1.82) is 0 Å². The van der Waals surface area contributed by atoms with Gasteiger partial charge in [-0.2, -0.15) is 0 Å². The molecule has 0 atom stereocenters. The van der Waals surface area contributed by atoms with Crippen molar-refractivity contribution in [2.45, 2.75) is 6.92 Å². The zero-order valence-corrected chi connectivity index (χ0v) is 11.6. The van der Waals surface area contributed by atoms with Gasteiger partial charge in [0.05, 0.1) is 5.75 Å². The van der Waals surface area contributed by atoms with E-state index in [1.54, 1.807) is 13.1 Å². The molecule has 0 aliphatic carbocycles. The van der Waals surface area contributed by atoms with Crippen LogP contribution < -0.4 is 10.0 Å². The Morgan fingerprint density at radius 3 is 2.79 bits per heavy atom. The molecule has 0 bridgehead atoms. The molecule has 6 heteroatoms. The Morgan fingerprint density at radius 1 is 1.21 bits per heavy atom. The number of benzene rings is 1. The molecular weight excluding hydrogens is 262 g/mol. The predicted molar refractivity (Wildman–Crippen MR) is 77.7 cm³/mol. The average molecular weight is 279 g/mol. The van der Waals surface area contributed by atoms with E-state index in [9.17, 15) is 8.42 Å². The van der Waals surface area contributed by atoms with Crippen LogP contribution >= 0.6 is 0 Å². The van der Waals surface area contributed by atoms with Gasteiger partial charge in [0.25, 0.3) is 0 Å². The molecule has 0 aliphatic rings. The second-order valence-corrected chi connectivity index (χ2v) is 6.05. The fourth-order valence-corrected chi connectivity index (χ4v) is 2.81. The summed E-state index contributed by atoms with van der Waals surface area (Å²) in [4.78, 5) is 4.25. The van der Waals surface area contributed by atoms with Crippen LogP contribution in [0, 0.1) is 0 Å². The molecule has 2 aromatic rings. The van der Waals surface area contributed by atoms with Crippen molar-refractivity contribution in [1.82, 2.24) is 9.71 Å². The Morgan fingerprint density at radius 2 is 2.00 bits per heavy atom. The Bertz CT molecular complexity index is 650. The van der Waals surface area contributed by atoms with Crippen LogP contribution in [0.5, 0.6) is 0 Å². The molecule has 0 amide bonds. The summed E-state index contributed by atoms with van der Waals surface area (Å²) in [6.45, 7) is 2.50. The summed E-state index contributed by atoms with van der Waals surface area (Å²) in [5, 5.41) is 5.14. The third-order valence-electron chi connectivity index (χ3n) is 2.70. The number of hydrogen-bond donors (Lipinski definition) is 2. The Balaban J connectivity index is 2.06. The van der Waals surface area contributed by atoms with Crippen molar-refractivity contribution in [3.05, 3.63) is 36.5 Å². The number of nitrogens with one attached hydrogen (secondary N) is 2. The van der Waals surface area contributed by atoms with Crippen molar-refractivity contribution >= 4 is 26.6 Å². The summed E-state index contributed by atoms with van der Waals surface area (Å²) in [7, 11) is -3.20. The summed E-state index contributed by atoms with van der Waals surface area (Å²) in [5.41, 5.74) is 0.